The average molecular weight is 381 g/mol. The van der Waals surface area contributed by atoms with Crippen molar-refractivity contribution in [1.82, 2.24) is 8.96 Å². The van der Waals surface area contributed by atoms with Crippen LogP contribution in [0.1, 0.15) is 26.7 Å². The van der Waals surface area contributed by atoms with Crippen molar-refractivity contribution in [1.29, 1.82) is 0 Å². The summed E-state index contributed by atoms with van der Waals surface area (Å²) in [6.07, 6.45) is 6.35. The van der Waals surface area contributed by atoms with Crippen molar-refractivity contribution in [2.45, 2.75) is 11.8 Å². The van der Waals surface area contributed by atoms with Crippen molar-refractivity contribution in [3.63, 3.8) is 0 Å². The Morgan fingerprint density at radius 1 is 1.22 bits per heavy atom. The zero-order valence-corrected chi connectivity index (χ0v) is 15.3. The maximum absolute atomic E-state index is 13.4. The number of benzene rings is 1. The summed E-state index contributed by atoms with van der Waals surface area (Å²) < 4.78 is 27.9. The Labute approximate surface area is 158 Å². The summed E-state index contributed by atoms with van der Waals surface area (Å²) >= 11 is 0. The molecule has 0 spiro atoms. The van der Waals surface area contributed by atoms with E-state index in [1.165, 1.54) is 18.5 Å². The number of hydrogen-bond donors (Lipinski definition) is 1. The summed E-state index contributed by atoms with van der Waals surface area (Å²) in [6, 6.07) is 12.1. The highest BCUT2D eigenvalue weighted by Gasteiger charge is 2.29. The van der Waals surface area contributed by atoms with E-state index in [4.69, 9.17) is 5.73 Å². The SMILES string of the molecule is C=CC(c1cccnc1)S(=O)(=O)n1cc(C=O)cc1-c1ccccc1CN. The van der Waals surface area contributed by atoms with E-state index in [-0.39, 0.29) is 12.1 Å². The molecule has 1 aromatic carbocycles. The van der Waals surface area contributed by atoms with Gasteiger partial charge in [0.15, 0.2) is 6.29 Å². The van der Waals surface area contributed by atoms with Crippen molar-refractivity contribution in [2.75, 3.05) is 0 Å². The first-order valence-electron chi connectivity index (χ1n) is 8.25. The third-order valence-corrected chi connectivity index (χ3v) is 6.24. The van der Waals surface area contributed by atoms with Gasteiger partial charge in [0.1, 0.15) is 5.25 Å². The van der Waals surface area contributed by atoms with Gasteiger partial charge in [-0.25, -0.2) is 12.4 Å². The summed E-state index contributed by atoms with van der Waals surface area (Å²) in [5.74, 6) is 0. The summed E-state index contributed by atoms with van der Waals surface area (Å²) in [5, 5.41) is -1.01. The Hall–Kier alpha value is -3.03. The molecule has 2 aromatic heterocycles. The number of carbonyl (C=O) groups is 1. The monoisotopic (exact) mass is 381 g/mol. The predicted octanol–water partition coefficient (Wildman–Crippen LogP) is 2.93. The fraction of sp³-hybridized carbons (Fsp3) is 0.100. The predicted molar refractivity (Wildman–Crippen MR) is 105 cm³/mol. The van der Waals surface area contributed by atoms with Gasteiger partial charge < -0.3 is 5.73 Å². The number of aromatic nitrogens is 2. The standard InChI is InChI=1S/C20H19N3O3S/c1-2-20(17-7-5-9-22-12-17)27(25,26)23-13-15(14-24)10-19(23)18-8-4-3-6-16(18)11-21/h2-10,12-14,20H,1,11,21H2. The molecule has 0 saturated heterocycles. The molecule has 0 amide bonds. The molecule has 0 radical (unpaired) electrons. The largest absolute Gasteiger partial charge is 0.326 e. The molecule has 3 rings (SSSR count). The molecular formula is C20H19N3O3S. The van der Waals surface area contributed by atoms with Gasteiger partial charge in [-0.2, -0.15) is 0 Å². The molecular weight excluding hydrogens is 362 g/mol. The van der Waals surface area contributed by atoms with Crippen molar-refractivity contribution in [2.24, 2.45) is 5.73 Å². The Bertz CT molecular complexity index is 1070. The van der Waals surface area contributed by atoms with Crippen LogP contribution in [0, 0.1) is 0 Å². The lowest BCUT2D eigenvalue weighted by molar-refractivity contribution is 0.112. The molecule has 2 N–H and O–H groups in total. The molecule has 6 nitrogen and oxygen atoms in total. The molecule has 2 heterocycles. The lowest BCUT2D eigenvalue weighted by Gasteiger charge is -2.18. The normalized spacial score (nSPS) is 12.5. The molecule has 0 aliphatic rings. The number of aldehydes is 1. The van der Waals surface area contributed by atoms with Crippen molar-refractivity contribution >= 4 is 16.3 Å². The summed E-state index contributed by atoms with van der Waals surface area (Å²) in [7, 11) is -3.94. The van der Waals surface area contributed by atoms with Crippen LogP contribution in [0.3, 0.4) is 0 Å². The molecule has 1 atom stereocenters. The second kappa shape index (κ2) is 7.69. The third-order valence-electron chi connectivity index (χ3n) is 4.28. The van der Waals surface area contributed by atoms with Gasteiger partial charge >= 0.3 is 0 Å². The molecule has 7 heteroatoms. The first-order valence-corrected chi connectivity index (χ1v) is 9.76. The number of nitrogens with two attached hydrogens (primary N) is 1. The van der Waals surface area contributed by atoms with E-state index in [0.717, 1.165) is 9.54 Å². The number of rotatable bonds is 7. The molecule has 0 fully saturated rings. The molecule has 0 aliphatic carbocycles. The van der Waals surface area contributed by atoms with E-state index in [1.54, 1.807) is 36.5 Å². The van der Waals surface area contributed by atoms with Crippen LogP contribution in [0.2, 0.25) is 0 Å². The number of carbonyl (C=O) groups excluding carboxylic acids is 1. The van der Waals surface area contributed by atoms with Gasteiger partial charge in [0.25, 0.3) is 0 Å². The Morgan fingerprint density at radius 3 is 2.63 bits per heavy atom. The minimum absolute atomic E-state index is 0.241. The van der Waals surface area contributed by atoms with Gasteiger partial charge in [0, 0.05) is 36.3 Å². The van der Waals surface area contributed by atoms with Crippen LogP contribution >= 0.6 is 0 Å². The average Bonchev–Trinajstić information content (AvgIpc) is 3.14. The van der Waals surface area contributed by atoms with E-state index < -0.39 is 15.3 Å². The third kappa shape index (κ3) is 3.47. The second-order valence-corrected chi connectivity index (χ2v) is 7.85. The fourth-order valence-corrected chi connectivity index (χ4v) is 4.64. The lowest BCUT2D eigenvalue weighted by Crippen LogP contribution is -2.20. The molecule has 1 unspecified atom stereocenters. The van der Waals surface area contributed by atoms with Gasteiger partial charge in [-0.1, -0.05) is 36.4 Å². The molecule has 3 aromatic rings. The summed E-state index contributed by atoms with van der Waals surface area (Å²) in [6.45, 7) is 3.92. The van der Waals surface area contributed by atoms with Crippen molar-refractivity contribution < 1.29 is 13.2 Å². The van der Waals surface area contributed by atoms with Gasteiger partial charge in [-0.05, 0) is 23.3 Å². The second-order valence-electron chi connectivity index (χ2n) is 5.92. The number of nitrogens with zero attached hydrogens (tertiary/aromatic N) is 2. The number of hydrogen-bond acceptors (Lipinski definition) is 5. The van der Waals surface area contributed by atoms with Gasteiger partial charge in [-0.3, -0.25) is 9.78 Å². The molecule has 27 heavy (non-hydrogen) atoms. The van der Waals surface area contributed by atoms with Crippen LogP contribution in [0.25, 0.3) is 11.3 Å². The van der Waals surface area contributed by atoms with Crippen molar-refractivity contribution in [3.8, 4) is 11.3 Å². The zero-order valence-electron chi connectivity index (χ0n) is 14.5. The topological polar surface area (TPSA) is 95.0 Å². The fourth-order valence-electron chi connectivity index (χ4n) is 2.98. The first-order chi connectivity index (χ1) is 13.0. The van der Waals surface area contributed by atoms with Crippen LogP contribution in [0.15, 0.2) is 73.7 Å². The summed E-state index contributed by atoms with van der Waals surface area (Å²) in [5.41, 5.74) is 8.38. The van der Waals surface area contributed by atoms with Crippen LogP contribution in [0.4, 0.5) is 0 Å². The maximum atomic E-state index is 13.4. The lowest BCUT2D eigenvalue weighted by atomic mass is 10.0. The van der Waals surface area contributed by atoms with Gasteiger partial charge in [0.05, 0.1) is 5.69 Å². The molecule has 0 saturated carbocycles. The van der Waals surface area contributed by atoms with E-state index in [2.05, 4.69) is 11.6 Å². The molecule has 0 bridgehead atoms. The Kier molecular flexibility index (Phi) is 5.34. The van der Waals surface area contributed by atoms with E-state index in [1.807, 2.05) is 12.1 Å². The molecule has 0 aliphatic heterocycles. The number of pyridine rings is 1. The molecule has 138 valence electrons. The Balaban J connectivity index is 2.23. The van der Waals surface area contributed by atoms with Crippen LogP contribution in [-0.2, 0) is 16.6 Å². The van der Waals surface area contributed by atoms with Crippen molar-refractivity contribution in [3.05, 3.63) is 90.4 Å². The van der Waals surface area contributed by atoms with E-state index in [9.17, 15) is 13.2 Å². The minimum Gasteiger partial charge on any atom is -0.326 e. The van der Waals surface area contributed by atoms with Gasteiger partial charge in [-0.15, -0.1) is 6.58 Å². The maximum Gasteiger partial charge on any atom is 0.249 e. The first kappa shape index (κ1) is 18.8. The highest BCUT2D eigenvalue weighted by atomic mass is 32.2. The quantitative estimate of drug-likeness (QED) is 0.501. The highest BCUT2D eigenvalue weighted by Crippen LogP contribution is 2.32. The van der Waals surface area contributed by atoms with Crippen LogP contribution in [0.5, 0.6) is 0 Å². The van der Waals surface area contributed by atoms with Crippen LogP contribution < -0.4 is 5.73 Å². The van der Waals surface area contributed by atoms with Gasteiger partial charge in [0.2, 0.25) is 10.0 Å². The van der Waals surface area contributed by atoms with Crippen LogP contribution in [-0.4, -0.2) is 23.7 Å². The zero-order chi connectivity index (χ0) is 19.4. The summed E-state index contributed by atoms with van der Waals surface area (Å²) in [4.78, 5) is 15.3. The minimum atomic E-state index is -3.94. The van der Waals surface area contributed by atoms with E-state index in [0.29, 0.717) is 23.1 Å². The smallest absolute Gasteiger partial charge is 0.249 e. The highest BCUT2D eigenvalue weighted by molar-refractivity contribution is 7.90. The Morgan fingerprint density at radius 2 is 2.00 bits per heavy atom. The van der Waals surface area contributed by atoms with E-state index >= 15 is 0 Å².